The van der Waals surface area contributed by atoms with Gasteiger partial charge in [-0.3, -0.25) is 14.5 Å². The van der Waals surface area contributed by atoms with Crippen molar-refractivity contribution >= 4 is 11.8 Å². The zero-order valence-electron chi connectivity index (χ0n) is 10.9. The second-order valence-electron chi connectivity index (χ2n) is 4.14. The maximum absolute atomic E-state index is 11.4. The molecule has 0 radical (unpaired) electrons. The van der Waals surface area contributed by atoms with E-state index in [0.29, 0.717) is 13.2 Å². The predicted octanol–water partition coefficient (Wildman–Crippen LogP) is 1.64. The van der Waals surface area contributed by atoms with Crippen LogP contribution in [0.25, 0.3) is 0 Å². The summed E-state index contributed by atoms with van der Waals surface area (Å²) in [5.74, 6) is -0.259. The first-order valence-electron chi connectivity index (χ1n) is 6.03. The molecule has 0 aliphatic carbocycles. The molecule has 0 fully saturated rings. The minimum atomic E-state index is -0.297. The Kier molecular flexibility index (Phi) is 6.08. The molecule has 98 valence electrons. The first-order chi connectivity index (χ1) is 8.61. The van der Waals surface area contributed by atoms with E-state index in [0.717, 1.165) is 5.56 Å². The molecule has 0 unspecified atom stereocenters. The van der Waals surface area contributed by atoms with E-state index >= 15 is 0 Å². The number of esters is 1. The van der Waals surface area contributed by atoms with E-state index in [1.165, 1.54) is 6.92 Å². The lowest BCUT2D eigenvalue weighted by Crippen LogP contribution is -2.34. The number of carbonyl (C=O) groups is 2. The fourth-order valence-electron chi connectivity index (χ4n) is 1.71. The third-order valence-corrected chi connectivity index (χ3v) is 2.35. The number of Topliss-reactive ketones (excluding diaryl/α,β-unsaturated/α-hetero) is 1. The van der Waals surface area contributed by atoms with Gasteiger partial charge in [0.25, 0.3) is 0 Å². The van der Waals surface area contributed by atoms with Crippen LogP contribution in [0.2, 0.25) is 0 Å². The highest BCUT2D eigenvalue weighted by atomic mass is 16.5. The average molecular weight is 249 g/mol. The van der Waals surface area contributed by atoms with Crippen molar-refractivity contribution in [3.05, 3.63) is 35.9 Å². The van der Waals surface area contributed by atoms with E-state index in [-0.39, 0.29) is 24.8 Å². The van der Waals surface area contributed by atoms with Crippen molar-refractivity contribution in [3.63, 3.8) is 0 Å². The lowest BCUT2D eigenvalue weighted by molar-refractivity contribution is -0.144. The molecule has 0 N–H and O–H groups in total. The third-order valence-electron chi connectivity index (χ3n) is 2.35. The molecule has 18 heavy (non-hydrogen) atoms. The minimum Gasteiger partial charge on any atom is -0.465 e. The predicted molar refractivity (Wildman–Crippen MR) is 69.0 cm³/mol. The van der Waals surface area contributed by atoms with Crippen molar-refractivity contribution in [2.24, 2.45) is 0 Å². The number of ketones is 1. The number of rotatable bonds is 7. The van der Waals surface area contributed by atoms with Crippen LogP contribution >= 0.6 is 0 Å². The van der Waals surface area contributed by atoms with Gasteiger partial charge in [-0.05, 0) is 19.4 Å². The van der Waals surface area contributed by atoms with Crippen LogP contribution in [0.5, 0.6) is 0 Å². The van der Waals surface area contributed by atoms with E-state index in [1.54, 1.807) is 11.8 Å². The highest BCUT2D eigenvalue weighted by molar-refractivity contribution is 5.79. The highest BCUT2D eigenvalue weighted by Gasteiger charge is 2.13. The molecular weight excluding hydrogens is 230 g/mol. The summed E-state index contributed by atoms with van der Waals surface area (Å²) in [7, 11) is 0. The van der Waals surface area contributed by atoms with Crippen LogP contribution in [-0.4, -0.2) is 36.3 Å². The van der Waals surface area contributed by atoms with Crippen molar-refractivity contribution in [1.82, 2.24) is 4.90 Å². The van der Waals surface area contributed by atoms with Crippen molar-refractivity contribution in [3.8, 4) is 0 Å². The normalized spacial score (nSPS) is 10.4. The molecule has 0 saturated carbocycles. The zero-order chi connectivity index (χ0) is 13.4. The molecule has 0 saturated heterocycles. The summed E-state index contributed by atoms with van der Waals surface area (Å²) in [5, 5.41) is 0. The van der Waals surface area contributed by atoms with Gasteiger partial charge in [0.15, 0.2) is 0 Å². The Morgan fingerprint density at radius 1 is 1.17 bits per heavy atom. The van der Waals surface area contributed by atoms with Gasteiger partial charge in [-0.15, -0.1) is 0 Å². The van der Waals surface area contributed by atoms with Gasteiger partial charge in [0.1, 0.15) is 5.78 Å². The van der Waals surface area contributed by atoms with Crippen LogP contribution in [0.15, 0.2) is 30.3 Å². The molecule has 4 heteroatoms. The number of benzene rings is 1. The monoisotopic (exact) mass is 249 g/mol. The molecule has 0 spiro atoms. The quantitative estimate of drug-likeness (QED) is 0.689. The lowest BCUT2D eigenvalue weighted by Gasteiger charge is -2.19. The molecule has 0 amide bonds. The Labute approximate surface area is 108 Å². The zero-order valence-corrected chi connectivity index (χ0v) is 10.9. The SMILES string of the molecule is CCOC(=O)CN(CC(C)=O)Cc1ccccc1. The molecule has 4 nitrogen and oxygen atoms in total. The largest absolute Gasteiger partial charge is 0.465 e. The van der Waals surface area contributed by atoms with Crippen molar-refractivity contribution in [2.45, 2.75) is 20.4 Å². The van der Waals surface area contributed by atoms with Crippen LogP contribution in [-0.2, 0) is 20.9 Å². The molecule has 0 heterocycles. The summed E-state index contributed by atoms with van der Waals surface area (Å²) < 4.78 is 4.90. The summed E-state index contributed by atoms with van der Waals surface area (Å²) >= 11 is 0. The molecule has 1 aromatic rings. The summed E-state index contributed by atoms with van der Waals surface area (Å²) in [6, 6.07) is 9.75. The van der Waals surface area contributed by atoms with E-state index < -0.39 is 0 Å². The summed E-state index contributed by atoms with van der Waals surface area (Å²) in [6.45, 7) is 4.61. The first kappa shape index (κ1) is 14.4. The Morgan fingerprint density at radius 3 is 2.39 bits per heavy atom. The molecule has 1 aromatic carbocycles. The molecule has 0 bridgehead atoms. The van der Waals surface area contributed by atoms with E-state index in [9.17, 15) is 9.59 Å². The molecule has 1 rings (SSSR count). The van der Waals surface area contributed by atoms with Crippen molar-refractivity contribution in [1.29, 1.82) is 0 Å². The van der Waals surface area contributed by atoms with Gasteiger partial charge in [-0.2, -0.15) is 0 Å². The Bertz CT molecular complexity index is 389. The standard InChI is InChI=1S/C14H19NO3/c1-3-18-14(17)11-15(9-12(2)16)10-13-7-5-4-6-8-13/h4-8H,3,9-11H2,1-2H3. The van der Waals surface area contributed by atoms with Gasteiger partial charge in [-0.1, -0.05) is 30.3 Å². The molecular formula is C14H19NO3. The van der Waals surface area contributed by atoms with Crippen LogP contribution in [0.1, 0.15) is 19.4 Å². The van der Waals surface area contributed by atoms with Crippen molar-refractivity contribution < 1.29 is 14.3 Å². The van der Waals surface area contributed by atoms with E-state index in [4.69, 9.17) is 4.74 Å². The number of hydrogen-bond acceptors (Lipinski definition) is 4. The Hall–Kier alpha value is -1.68. The van der Waals surface area contributed by atoms with E-state index in [1.807, 2.05) is 30.3 Å². The number of carbonyl (C=O) groups excluding carboxylic acids is 2. The molecule has 0 aliphatic rings. The summed E-state index contributed by atoms with van der Waals surface area (Å²) in [5.41, 5.74) is 1.07. The molecule has 0 atom stereocenters. The van der Waals surface area contributed by atoms with Crippen molar-refractivity contribution in [2.75, 3.05) is 19.7 Å². The smallest absolute Gasteiger partial charge is 0.320 e. The van der Waals surface area contributed by atoms with Crippen LogP contribution < -0.4 is 0 Å². The number of nitrogens with zero attached hydrogens (tertiary/aromatic N) is 1. The third kappa shape index (κ3) is 5.59. The second kappa shape index (κ2) is 7.61. The van der Waals surface area contributed by atoms with E-state index in [2.05, 4.69) is 0 Å². The van der Waals surface area contributed by atoms with Gasteiger partial charge in [0, 0.05) is 6.54 Å². The Balaban J connectivity index is 2.60. The van der Waals surface area contributed by atoms with Crippen LogP contribution in [0, 0.1) is 0 Å². The minimum absolute atomic E-state index is 0.0372. The first-order valence-corrected chi connectivity index (χ1v) is 6.03. The second-order valence-corrected chi connectivity index (χ2v) is 4.14. The van der Waals surface area contributed by atoms with Gasteiger partial charge in [-0.25, -0.2) is 0 Å². The summed E-state index contributed by atoms with van der Waals surface area (Å²) in [4.78, 5) is 24.4. The average Bonchev–Trinajstić information content (AvgIpc) is 2.29. The van der Waals surface area contributed by atoms with Gasteiger partial charge in [0.05, 0.1) is 19.7 Å². The summed E-state index contributed by atoms with van der Waals surface area (Å²) in [6.07, 6.45) is 0. The molecule has 0 aromatic heterocycles. The van der Waals surface area contributed by atoms with Gasteiger partial charge in [0.2, 0.25) is 0 Å². The lowest BCUT2D eigenvalue weighted by atomic mass is 10.2. The fraction of sp³-hybridized carbons (Fsp3) is 0.429. The molecule has 0 aliphatic heterocycles. The van der Waals surface area contributed by atoms with Gasteiger partial charge >= 0.3 is 5.97 Å². The van der Waals surface area contributed by atoms with Crippen LogP contribution in [0.4, 0.5) is 0 Å². The maximum Gasteiger partial charge on any atom is 0.320 e. The number of hydrogen-bond donors (Lipinski definition) is 0. The number of ether oxygens (including phenoxy) is 1. The van der Waals surface area contributed by atoms with Crippen LogP contribution in [0.3, 0.4) is 0 Å². The Morgan fingerprint density at radius 2 is 1.83 bits per heavy atom. The fourth-order valence-corrected chi connectivity index (χ4v) is 1.71. The maximum atomic E-state index is 11.4. The highest BCUT2D eigenvalue weighted by Crippen LogP contribution is 2.04. The van der Waals surface area contributed by atoms with Gasteiger partial charge < -0.3 is 4.74 Å². The topological polar surface area (TPSA) is 46.6 Å².